The molecule has 45 heavy (non-hydrogen) atoms. The number of amides is 1. The number of aliphatic hydroxyl groups excluding tert-OH is 1. The third-order valence-electron chi connectivity index (χ3n) is 8.73. The van der Waals surface area contributed by atoms with E-state index in [1.165, 1.54) is 18.9 Å². The second kappa shape index (κ2) is 12.8. The monoisotopic (exact) mass is 623 g/mol. The number of nitrogens with one attached hydrogen (secondary N) is 1. The minimum absolute atomic E-state index is 0.0534. The normalized spacial score (nSPS) is 22.9. The Morgan fingerprint density at radius 3 is 2.56 bits per heavy atom. The van der Waals surface area contributed by atoms with E-state index in [0.29, 0.717) is 40.7 Å². The summed E-state index contributed by atoms with van der Waals surface area (Å²) in [6, 6.07) is 14.4. The first-order valence-electron chi connectivity index (χ1n) is 15.3. The number of anilines is 3. The highest BCUT2D eigenvalue weighted by molar-refractivity contribution is 5.80. The van der Waals surface area contributed by atoms with Crippen molar-refractivity contribution in [2.45, 2.75) is 57.4 Å². The maximum absolute atomic E-state index is 14.9. The van der Waals surface area contributed by atoms with E-state index >= 15 is 0 Å². The number of piperazine rings is 1. The van der Waals surface area contributed by atoms with Gasteiger partial charge in [0, 0.05) is 55.6 Å². The molecule has 11 nitrogen and oxygen atoms in total. The van der Waals surface area contributed by atoms with Crippen molar-refractivity contribution in [2.75, 3.05) is 56.2 Å². The zero-order chi connectivity index (χ0) is 31.7. The number of ether oxygens (including phenoxy) is 2. The lowest BCUT2D eigenvalue weighted by Crippen LogP contribution is -2.60. The fraction of sp³-hybridized carbons (Fsp3) is 0.500. The van der Waals surface area contributed by atoms with Crippen LogP contribution in [-0.2, 0) is 9.53 Å². The molecule has 4 heterocycles. The van der Waals surface area contributed by atoms with Crippen LogP contribution in [0.3, 0.4) is 0 Å². The minimum atomic E-state index is -3.26. The number of halogens is 2. The van der Waals surface area contributed by atoms with Crippen molar-refractivity contribution in [1.82, 2.24) is 24.8 Å². The molecule has 0 radical (unpaired) electrons. The Balaban J connectivity index is 1.07. The van der Waals surface area contributed by atoms with Gasteiger partial charge in [-0.05, 0) is 68.8 Å². The van der Waals surface area contributed by atoms with Crippen LogP contribution in [0.2, 0.25) is 0 Å². The second-order valence-electron chi connectivity index (χ2n) is 12.1. The maximum Gasteiger partial charge on any atom is 0.301 e. The zero-order valence-corrected chi connectivity index (χ0v) is 25.7. The lowest BCUT2D eigenvalue weighted by atomic mass is 10.0. The van der Waals surface area contributed by atoms with Crippen LogP contribution in [0, 0.1) is 6.92 Å². The van der Waals surface area contributed by atoms with Crippen molar-refractivity contribution in [3.63, 3.8) is 0 Å². The van der Waals surface area contributed by atoms with Crippen molar-refractivity contribution in [3.8, 4) is 17.1 Å². The van der Waals surface area contributed by atoms with Crippen LogP contribution in [0.25, 0.3) is 11.4 Å². The van der Waals surface area contributed by atoms with E-state index in [-0.39, 0.29) is 13.0 Å². The number of aromatic nitrogens is 3. The lowest BCUT2D eigenvalue weighted by Gasteiger charge is -2.47. The number of carbonyl (C=O) groups excluding carboxylic acids is 1. The molecule has 1 amide bonds. The number of carbonyl (C=O) groups is 1. The van der Waals surface area contributed by atoms with E-state index < -0.39 is 30.6 Å². The van der Waals surface area contributed by atoms with E-state index in [2.05, 4.69) is 49.1 Å². The first-order chi connectivity index (χ1) is 21.6. The van der Waals surface area contributed by atoms with Crippen molar-refractivity contribution in [1.29, 1.82) is 0 Å². The minimum Gasteiger partial charge on any atom is -0.484 e. The second-order valence-corrected chi connectivity index (χ2v) is 12.1. The summed E-state index contributed by atoms with van der Waals surface area (Å²) in [5, 5.41) is 12.7. The van der Waals surface area contributed by atoms with Crippen LogP contribution >= 0.6 is 0 Å². The molecule has 2 N–H and O–H groups in total. The molecule has 240 valence electrons. The number of nitrogens with zero attached hydrogens (tertiary/aromatic N) is 6. The van der Waals surface area contributed by atoms with Gasteiger partial charge in [0.05, 0.1) is 25.8 Å². The lowest BCUT2D eigenvalue weighted by molar-refractivity contribution is -0.165. The number of hydrogen-bond acceptors (Lipinski definition) is 10. The summed E-state index contributed by atoms with van der Waals surface area (Å²) in [6.07, 6.45) is -1.35. The quantitative estimate of drug-likeness (QED) is 0.386. The summed E-state index contributed by atoms with van der Waals surface area (Å²) in [5.74, 6) is -2.85. The molecule has 0 bridgehead atoms. The Bertz CT molecular complexity index is 1510. The largest absolute Gasteiger partial charge is 0.484 e. The molecular formula is C32H39F2N7O4. The fourth-order valence-electron chi connectivity index (χ4n) is 6.13. The summed E-state index contributed by atoms with van der Waals surface area (Å²) in [5.41, 5.74) is 3.35. The molecular weight excluding hydrogens is 584 g/mol. The van der Waals surface area contributed by atoms with Crippen LogP contribution in [0.4, 0.5) is 26.1 Å². The van der Waals surface area contributed by atoms with Crippen molar-refractivity contribution in [3.05, 3.63) is 54.4 Å². The molecule has 0 aliphatic carbocycles. The van der Waals surface area contributed by atoms with E-state index in [0.717, 1.165) is 43.4 Å². The molecule has 3 aliphatic rings. The molecule has 3 aliphatic heterocycles. The summed E-state index contributed by atoms with van der Waals surface area (Å²) in [6.45, 7) is 9.23. The third-order valence-corrected chi connectivity index (χ3v) is 8.73. The molecule has 0 saturated carbocycles. The molecule has 3 saturated heterocycles. The Morgan fingerprint density at radius 2 is 1.91 bits per heavy atom. The topological polar surface area (TPSA) is 116 Å². The van der Waals surface area contributed by atoms with Gasteiger partial charge in [-0.2, -0.15) is 4.98 Å². The molecule has 13 heteroatoms. The number of aliphatic hydroxyl groups is 1. The molecule has 3 fully saturated rings. The average Bonchev–Trinajstić information content (AvgIpc) is 2.99. The smallest absolute Gasteiger partial charge is 0.301 e. The first kappa shape index (κ1) is 31.1. The van der Waals surface area contributed by atoms with Crippen LogP contribution in [-0.4, -0.2) is 112 Å². The average molecular weight is 624 g/mol. The molecule has 0 spiro atoms. The van der Waals surface area contributed by atoms with Crippen LogP contribution < -0.4 is 15.0 Å². The highest BCUT2D eigenvalue weighted by Gasteiger charge is 2.48. The number of likely N-dealkylation sites (tertiary alicyclic amines) is 1. The van der Waals surface area contributed by atoms with Crippen LogP contribution in [0.15, 0.2) is 48.8 Å². The SMILES string of the molecule is Cc1cc(-c2ncnc(Nc3ccc(N4CCN(C5COC5)[C@H](C)C4)cc3)n2)ccc1O[C@H]1CCN(C(=O)[C@H](C)O)CC1(F)F. The van der Waals surface area contributed by atoms with Gasteiger partial charge in [-0.15, -0.1) is 0 Å². The highest BCUT2D eigenvalue weighted by Crippen LogP contribution is 2.34. The van der Waals surface area contributed by atoms with E-state index in [1.807, 2.05) is 12.1 Å². The Hall–Kier alpha value is -3.94. The standard InChI is InChI=1S/C32H39F2N7O4/c1-20-14-23(4-9-27(20)45-28-10-11-40(18-32(28,33)34)30(43)22(3)42)29-35-19-36-31(38-29)37-24-5-7-25(8-6-24)39-12-13-41(21(2)15-39)26-16-44-17-26/h4-9,14,19,21-22,26,28,42H,10-13,15-18H2,1-3H3,(H,35,36,37,38)/t21-,22+,28+/m1/s1. The highest BCUT2D eigenvalue weighted by atomic mass is 19.3. The summed E-state index contributed by atoms with van der Waals surface area (Å²) in [4.78, 5) is 31.1. The van der Waals surface area contributed by atoms with Gasteiger partial charge in [0.25, 0.3) is 5.91 Å². The van der Waals surface area contributed by atoms with E-state index in [4.69, 9.17) is 9.47 Å². The first-order valence-corrected chi connectivity index (χ1v) is 15.3. The van der Waals surface area contributed by atoms with Crippen LogP contribution in [0.5, 0.6) is 5.75 Å². The van der Waals surface area contributed by atoms with Crippen molar-refractivity contribution >= 4 is 23.2 Å². The number of aryl methyl sites for hydroxylation is 1. The van der Waals surface area contributed by atoms with Gasteiger partial charge < -0.3 is 29.7 Å². The summed E-state index contributed by atoms with van der Waals surface area (Å²) in [7, 11) is 0. The van der Waals surface area contributed by atoms with E-state index in [9.17, 15) is 18.7 Å². The van der Waals surface area contributed by atoms with Gasteiger partial charge in [-0.25, -0.2) is 18.7 Å². The molecule has 3 atom stereocenters. The summed E-state index contributed by atoms with van der Waals surface area (Å²) < 4.78 is 40.9. The van der Waals surface area contributed by atoms with E-state index in [1.54, 1.807) is 25.1 Å². The number of piperidine rings is 1. The third kappa shape index (κ3) is 6.85. The number of rotatable bonds is 8. The Labute approximate surface area is 261 Å². The van der Waals surface area contributed by atoms with Gasteiger partial charge in [0.1, 0.15) is 18.2 Å². The molecule has 0 unspecified atom stereocenters. The fourth-order valence-corrected chi connectivity index (χ4v) is 6.13. The van der Waals surface area contributed by atoms with Crippen molar-refractivity contribution < 1.29 is 28.2 Å². The number of alkyl halides is 2. The zero-order valence-electron chi connectivity index (χ0n) is 25.7. The Kier molecular flexibility index (Phi) is 8.85. The Morgan fingerprint density at radius 1 is 1.13 bits per heavy atom. The van der Waals surface area contributed by atoms with Gasteiger partial charge in [-0.3, -0.25) is 9.69 Å². The predicted octanol–water partition coefficient (Wildman–Crippen LogP) is 3.50. The summed E-state index contributed by atoms with van der Waals surface area (Å²) >= 11 is 0. The molecule has 2 aromatic carbocycles. The van der Waals surface area contributed by atoms with Gasteiger partial charge in [-0.1, -0.05) is 0 Å². The maximum atomic E-state index is 14.9. The van der Waals surface area contributed by atoms with Gasteiger partial charge in [0.2, 0.25) is 5.95 Å². The molecule has 3 aromatic rings. The van der Waals surface area contributed by atoms with Crippen LogP contribution in [0.1, 0.15) is 25.8 Å². The van der Waals surface area contributed by atoms with Gasteiger partial charge >= 0.3 is 5.92 Å². The molecule has 1 aromatic heterocycles. The van der Waals surface area contributed by atoms with Crippen molar-refractivity contribution in [2.24, 2.45) is 0 Å². The number of hydrogen-bond donors (Lipinski definition) is 2. The number of benzene rings is 2. The predicted molar refractivity (Wildman–Crippen MR) is 165 cm³/mol. The van der Waals surface area contributed by atoms with Gasteiger partial charge in [0.15, 0.2) is 11.9 Å². The molecule has 6 rings (SSSR count).